The van der Waals surface area contributed by atoms with Gasteiger partial charge in [0, 0.05) is 0 Å². The van der Waals surface area contributed by atoms with Crippen molar-refractivity contribution in [1.82, 2.24) is 0 Å². The molecule has 0 saturated carbocycles. The highest BCUT2D eigenvalue weighted by atomic mass is 32.3. The third-order valence-corrected chi connectivity index (χ3v) is 0. The standard InChI is InChI=1S/CH2O.Al.H2O4S.3H/c1-2;;1-5(2,3)4;;;/h1H2;;(H2,1,2,3,4);;;. The van der Waals surface area contributed by atoms with Crippen molar-refractivity contribution in [2.45, 2.75) is 0 Å². The molecular weight excluding hydrogens is 151 g/mol. The van der Waals surface area contributed by atoms with E-state index in [0.717, 1.165) is 0 Å². The van der Waals surface area contributed by atoms with E-state index in [9.17, 15) is 0 Å². The fourth-order valence-electron chi connectivity index (χ4n) is 0. The van der Waals surface area contributed by atoms with Crippen molar-refractivity contribution in [1.29, 1.82) is 0 Å². The van der Waals surface area contributed by atoms with Crippen LogP contribution in [0.15, 0.2) is 0 Å². The molecule has 5 nitrogen and oxygen atoms in total. The van der Waals surface area contributed by atoms with Gasteiger partial charge >= 0.3 is 10.4 Å². The Hall–Kier alpha value is 0.0725. The summed E-state index contributed by atoms with van der Waals surface area (Å²) in [5, 5.41) is 0. The van der Waals surface area contributed by atoms with Crippen molar-refractivity contribution >= 4 is 34.5 Å². The largest absolute Gasteiger partial charge is 0.394 e. The van der Waals surface area contributed by atoms with Crippen molar-refractivity contribution in [3.63, 3.8) is 0 Å². The van der Waals surface area contributed by atoms with Crippen LogP contribution in [0.3, 0.4) is 0 Å². The first-order chi connectivity index (χ1) is 3.00. The fourth-order valence-corrected chi connectivity index (χ4v) is 0. The highest BCUT2D eigenvalue weighted by molar-refractivity contribution is 7.79. The van der Waals surface area contributed by atoms with Crippen LogP contribution < -0.4 is 0 Å². The molecule has 2 N–H and O–H groups in total. The Bertz CT molecular complexity index is 106. The highest BCUT2D eigenvalue weighted by Crippen LogP contribution is 1.59. The van der Waals surface area contributed by atoms with Crippen LogP contribution in [0.25, 0.3) is 0 Å². The minimum absolute atomic E-state index is 0. The zero-order valence-electron chi connectivity index (χ0n) is 3.23. The van der Waals surface area contributed by atoms with Crippen LogP contribution in [0.5, 0.6) is 0 Å². The molecule has 0 aliphatic heterocycles. The minimum atomic E-state index is -4.67. The SMILES string of the molecule is C=O.O=S(=O)(O)O.[AlH3]. The number of carbonyl (C=O) groups is 1. The molecule has 0 amide bonds. The second kappa shape index (κ2) is 7.07. The third kappa shape index (κ3) is 29800. The van der Waals surface area contributed by atoms with Crippen LogP contribution in [0.1, 0.15) is 0 Å². The molecule has 0 aromatic carbocycles. The van der Waals surface area contributed by atoms with Crippen LogP contribution >= 0.6 is 0 Å². The first-order valence-corrected chi connectivity index (χ1v) is 2.38. The van der Waals surface area contributed by atoms with Gasteiger partial charge in [-0.25, -0.2) is 0 Å². The topological polar surface area (TPSA) is 91.7 Å². The van der Waals surface area contributed by atoms with Crippen LogP contribution in [-0.2, 0) is 15.2 Å². The molecule has 0 aliphatic carbocycles. The van der Waals surface area contributed by atoms with E-state index < -0.39 is 10.4 Å². The molecule has 0 rings (SSSR count). The molecule has 0 fully saturated rings. The molecule has 0 heterocycles. The van der Waals surface area contributed by atoms with Gasteiger partial charge in [-0.3, -0.25) is 9.11 Å². The summed E-state index contributed by atoms with van der Waals surface area (Å²) in [6.45, 7) is 2.00. The van der Waals surface area contributed by atoms with Crippen molar-refractivity contribution in [3.05, 3.63) is 0 Å². The average molecular weight is 158 g/mol. The van der Waals surface area contributed by atoms with Crippen LogP contribution in [0, 0.1) is 0 Å². The number of carbonyl (C=O) groups excluding carboxylic acids is 1. The van der Waals surface area contributed by atoms with Crippen molar-refractivity contribution in [2.75, 3.05) is 0 Å². The Balaban J connectivity index is -0.0000000750. The Morgan fingerprint density at radius 2 is 1.12 bits per heavy atom. The quantitative estimate of drug-likeness (QED) is 0.313. The molecule has 7 heteroatoms. The Morgan fingerprint density at radius 1 is 1.12 bits per heavy atom. The van der Waals surface area contributed by atoms with E-state index in [-0.39, 0.29) is 17.4 Å². The van der Waals surface area contributed by atoms with E-state index >= 15 is 0 Å². The third-order valence-electron chi connectivity index (χ3n) is 0. The molecule has 0 bridgehead atoms. The summed E-state index contributed by atoms with van der Waals surface area (Å²) in [4.78, 5) is 8.00. The molecule has 0 aromatic heterocycles. The lowest BCUT2D eigenvalue weighted by molar-refractivity contribution is -0.0979. The van der Waals surface area contributed by atoms with Gasteiger partial charge in [0.05, 0.1) is 0 Å². The maximum Gasteiger partial charge on any atom is 0.394 e. The molecule has 0 saturated heterocycles. The van der Waals surface area contributed by atoms with Crippen molar-refractivity contribution < 1.29 is 22.3 Å². The summed E-state index contributed by atoms with van der Waals surface area (Å²) < 4.78 is 31.6. The predicted molar refractivity (Wildman–Crippen MR) is 31.2 cm³/mol. The molecule has 8 heavy (non-hydrogen) atoms. The Morgan fingerprint density at radius 3 is 1.12 bits per heavy atom. The lowest BCUT2D eigenvalue weighted by Crippen LogP contribution is -1.89. The number of rotatable bonds is 0. The number of hydrogen-bond acceptors (Lipinski definition) is 3. The number of hydrogen-bond donors (Lipinski definition) is 2. The smallest absolute Gasteiger partial charge is 0.307 e. The summed E-state index contributed by atoms with van der Waals surface area (Å²) >= 11 is 0. The normalized spacial score (nSPS) is 7.75. The second-order valence-corrected chi connectivity index (χ2v) is 1.34. The fraction of sp³-hybridized carbons (Fsp3) is 0. The first kappa shape index (κ1) is 15.7. The molecule has 0 unspecified atom stereocenters. The van der Waals surface area contributed by atoms with Gasteiger partial charge in [0.15, 0.2) is 17.4 Å². The second-order valence-electron chi connectivity index (χ2n) is 0.448. The van der Waals surface area contributed by atoms with Crippen LogP contribution in [0.2, 0.25) is 0 Å². The predicted octanol–water partition coefficient (Wildman–Crippen LogP) is -2.02. The van der Waals surface area contributed by atoms with E-state index in [1.807, 2.05) is 6.79 Å². The monoisotopic (exact) mass is 158 g/mol. The van der Waals surface area contributed by atoms with Crippen molar-refractivity contribution in [2.24, 2.45) is 0 Å². The lowest BCUT2D eigenvalue weighted by Gasteiger charge is -1.68. The van der Waals surface area contributed by atoms with Crippen molar-refractivity contribution in [3.8, 4) is 0 Å². The zero-order valence-corrected chi connectivity index (χ0v) is 4.05. The van der Waals surface area contributed by atoms with Gasteiger partial charge in [-0.1, -0.05) is 0 Å². The summed E-state index contributed by atoms with van der Waals surface area (Å²) in [6, 6.07) is 0. The van der Waals surface area contributed by atoms with Crippen LogP contribution in [0.4, 0.5) is 0 Å². The summed E-state index contributed by atoms with van der Waals surface area (Å²) in [5.74, 6) is 0. The maximum absolute atomic E-state index is 8.74. The van der Waals surface area contributed by atoms with Gasteiger partial charge < -0.3 is 4.79 Å². The van der Waals surface area contributed by atoms with Gasteiger partial charge in [0.1, 0.15) is 6.79 Å². The summed E-state index contributed by atoms with van der Waals surface area (Å²) in [6.07, 6.45) is 0. The van der Waals surface area contributed by atoms with Gasteiger partial charge in [-0.05, 0) is 0 Å². The highest BCUT2D eigenvalue weighted by Gasteiger charge is 1.84. The zero-order chi connectivity index (χ0) is 6.50. The van der Waals surface area contributed by atoms with Gasteiger partial charge in [0.2, 0.25) is 0 Å². The molecule has 0 spiro atoms. The van der Waals surface area contributed by atoms with E-state index in [4.69, 9.17) is 22.3 Å². The maximum atomic E-state index is 8.74. The van der Waals surface area contributed by atoms with Gasteiger partial charge in [0.25, 0.3) is 0 Å². The van der Waals surface area contributed by atoms with Gasteiger partial charge in [-0.2, -0.15) is 8.42 Å². The lowest BCUT2D eigenvalue weighted by atomic mass is 11.9. The molecular formula is CH7AlO5S. The van der Waals surface area contributed by atoms with E-state index in [2.05, 4.69) is 0 Å². The molecule has 0 aliphatic rings. The summed E-state index contributed by atoms with van der Waals surface area (Å²) in [7, 11) is -4.67. The first-order valence-electron chi connectivity index (χ1n) is 0.987. The minimum Gasteiger partial charge on any atom is -0.307 e. The van der Waals surface area contributed by atoms with E-state index in [1.165, 1.54) is 0 Å². The molecule has 0 radical (unpaired) electrons. The van der Waals surface area contributed by atoms with E-state index in [0.29, 0.717) is 0 Å². The van der Waals surface area contributed by atoms with Gasteiger partial charge in [-0.15, -0.1) is 0 Å². The Labute approximate surface area is 57.4 Å². The Kier molecular flexibility index (Phi) is 13.9. The molecule has 50 valence electrons. The van der Waals surface area contributed by atoms with Crippen LogP contribution in [-0.4, -0.2) is 41.7 Å². The average Bonchev–Trinajstić information content (AvgIpc) is 1.36. The summed E-state index contributed by atoms with van der Waals surface area (Å²) in [5.41, 5.74) is 0. The molecule has 0 atom stereocenters. The molecule has 0 aromatic rings. The van der Waals surface area contributed by atoms with E-state index in [1.54, 1.807) is 0 Å².